The first kappa shape index (κ1) is 12.6. The highest BCUT2D eigenvalue weighted by Gasteiger charge is 2.28. The van der Waals surface area contributed by atoms with E-state index in [1.165, 1.54) is 30.7 Å². The summed E-state index contributed by atoms with van der Waals surface area (Å²) in [4.78, 5) is 17.6. The summed E-state index contributed by atoms with van der Waals surface area (Å²) < 4.78 is 1.03. The van der Waals surface area contributed by atoms with Crippen LogP contribution in [0.25, 0.3) is 0 Å². The zero-order valence-electron chi connectivity index (χ0n) is 10.3. The number of thiophene rings is 1. The Hall–Kier alpha value is -0.390. The maximum absolute atomic E-state index is 12.3. The number of carbonyl (C=O) groups excluding carboxylic acids is 1. The molecule has 0 bridgehead atoms. The lowest BCUT2D eigenvalue weighted by atomic mass is 10.2. The van der Waals surface area contributed by atoms with Gasteiger partial charge in [-0.15, -0.1) is 11.3 Å². The lowest BCUT2D eigenvalue weighted by molar-refractivity contribution is 0.0637. The number of piperazine rings is 1. The Morgan fingerprint density at radius 3 is 2.56 bits per heavy atom. The average Bonchev–Trinajstić information content (AvgIpc) is 3.09. The molecule has 1 saturated carbocycles. The van der Waals surface area contributed by atoms with Crippen molar-refractivity contribution in [2.75, 3.05) is 32.7 Å². The van der Waals surface area contributed by atoms with E-state index in [4.69, 9.17) is 0 Å². The standard InChI is InChI=1S/C13H17BrN2OS/c14-12-4-3-11(18-12)13(17)16-7-5-15(6-8-16)9-10-1-2-10/h3-4,10H,1-2,5-9H2. The fraction of sp³-hybridized carbons (Fsp3) is 0.615. The van der Waals surface area contributed by atoms with Gasteiger partial charge >= 0.3 is 0 Å². The lowest BCUT2D eigenvalue weighted by Gasteiger charge is -2.34. The van der Waals surface area contributed by atoms with E-state index in [1.54, 1.807) is 0 Å². The molecule has 1 aliphatic heterocycles. The Kier molecular flexibility index (Phi) is 3.73. The monoisotopic (exact) mass is 328 g/mol. The number of halogens is 1. The molecule has 18 heavy (non-hydrogen) atoms. The summed E-state index contributed by atoms with van der Waals surface area (Å²) in [5.41, 5.74) is 0. The van der Waals surface area contributed by atoms with E-state index >= 15 is 0 Å². The van der Waals surface area contributed by atoms with Gasteiger partial charge in [0.15, 0.2) is 0 Å². The second-order valence-corrected chi connectivity index (χ2v) is 7.60. The second kappa shape index (κ2) is 5.31. The minimum Gasteiger partial charge on any atom is -0.335 e. The van der Waals surface area contributed by atoms with Crippen molar-refractivity contribution < 1.29 is 4.79 Å². The summed E-state index contributed by atoms with van der Waals surface area (Å²) in [5, 5.41) is 0. The van der Waals surface area contributed by atoms with E-state index in [2.05, 4.69) is 20.8 Å². The van der Waals surface area contributed by atoms with Gasteiger partial charge in [-0.1, -0.05) is 0 Å². The number of carbonyl (C=O) groups is 1. The van der Waals surface area contributed by atoms with Crippen LogP contribution in [-0.2, 0) is 0 Å². The van der Waals surface area contributed by atoms with Crippen LogP contribution < -0.4 is 0 Å². The first-order valence-electron chi connectivity index (χ1n) is 6.49. The molecule has 3 nitrogen and oxygen atoms in total. The Morgan fingerprint density at radius 1 is 1.28 bits per heavy atom. The van der Waals surface area contributed by atoms with Crippen molar-refractivity contribution in [1.82, 2.24) is 9.80 Å². The average molecular weight is 329 g/mol. The topological polar surface area (TPSA) is 23.6 Å². The quantitative estimate of drug-likeness (QED) is 0.851. The summed E-state index contributed by atoms with van der Waals surface area (Å²) in [6.07, 6.45) is 2.81. The molecule has 3 rings (SSSR count). The third-order valence-corrected chi connectivity index (χ3v) is 5.27. The lowest BCUT2D eigenvalue weighted by Crippen LogP contribution is -2.49. The smallest absolute Gasteiger partial charge is 0.264 e. The molecule has 98 valence electrons. The third-order valence-electron chi connectivity index (χ3n) is 3.66. The van der Waals surface area contributed by atoms with Crippen molar-refractivity contribution >= 4 is 33.2 Å². The SMILES string of the molecule is O=C(c1ccc(Br)s1)N1CCN(CC2CC2)CC1. The van der Waals surface area contributed by atoms with Crippen LogP contribution in [0.3, 0.4) is 0 Å². The van der Waals surface area contributed by atoms with Crippen LogP contribution >= 0.6 is 27.3 Å². The van der Waals surface area contributed by atoms with Gasteiger partial charge in [0.25, 0.3) is 5.91 Å². The van der Waals surface area contributed by atoms with Gasteiger partial charge in [0.2, 0.25) is 0 Å². The third kappa shape index (κ3) is 2.95. The van der Waals surface area contributed by atoms with Gasteiger partial charge in [0.05, 0.1) is 8.66 Å². The van der Waals surface area contributed by atoms with Gasteiger partial charge in [-0.3, -0.25) is 9.69 Å². The van der Waals surface area contributed by atoms with Crippen molar-refractivity contribution in [3.8, 4) is 0 Å². The molecule has 0 spiro atoms. The molecule has 0 aromatic carbocycles. The summed E-state index contributed by atoms with van der Waals surface area (Å²) in [6.45, 7) is 5.07. The molecule has 2 heterocycles. The molecule has 2 aliphatic rings. The first-order valence-corrected chi connectivity index (χ1v) is 8.10. The van der Waals surface area contributed by atoms with E-state index < -0.39 is 0 Å². The van der Waals surface area contributed by atoms with Crippen molar-refractivity contribution in [3.05, 3.63) is 20.8 Å². The largest absolute Gasteiger partial charge is 0.335 e. The van der Waals surface area contributed by atoms with Gasteiger partial charge in [-0.25, -0.2) is 0 Å². The molecule has 2 fully saturated rings. The van der Waals surface area contributed by atoms with Crippen LogP contribution in [0.4, 0.5) is 0 Å². The molecule has 0 atom stereocenters. The van der Waals surface area contributed by atoms with Crippen molar-refractivity contribution in [2.24, 2.45) is 5.92 Å². The molecule has 1 saturated heterocycles. The Balaban J connectivity index is 1.53. The van der Waals surface area contributed by atoms with Gasteiger partial charge in [0, 0.05) is 32.7 Å². The Labute approximate surface area is 120 Å². The molecule has 5 heteroatoms. The zero-order valence-corrected chi connectivity index (χ0v) is 12.7. The van der Waals surface area contributed by atoms with Crippen molar-refractivity contribution in [2.45, 2.75) is 12.8 Å². The number of amides is 1. The maximum Gasteiger partial charge on any atom is 0.264 e. The predicted octanol–water partition coefficient (Wildman–Crippen LogP) is 2.68. The summed E-state index contributed by atoms with van der Waals surface area (Å²) in [5.74, 6) is 1.14. The van der Waals surface area contributed by atoms with Crippen LogP contribution in [0.15, 0.2) is 15.9 Å². The van der Waals surface area contributed by atoms with Crippen molar-refractivity contribution in [1.29, 1.82) is 0 Å². The van der Waals surface area contributed by atoms with E-state index in [9.17, 15) is 4.79 Å². The Morgan fingerprint density at radius 2 is 2.00 bits per heavy atom. The fourth-order valence-corrected chi connectivity index (χ4v) is 3.74. The van der Waals surface area contributed by atoms with E-state index in [-0.39, 0.29) is 5.91 Å². The van der Waals surface area contributed by atoms with Crippen LogP contribution in [0.5, 0.6) is 0 Å². The molecule has 0 N–H and O–H groups in total. The summed E-state index contributed by atoms with van der Waals surface area (Å²) >= 11 is 4.93. The second-order valence-electron chi connectivity index (χ2n) is 5.14. The number of hydrogen-bond donors (Lipinski definition) is 0. The molecule has 0 unspecified atom stereocenters. The zero-order chi connectivity index (χ0) is 12.5. The highest BCUT2D eigenvalue weighted by molar-refractivity contribution is 9.11. The maximum atomic E-state index is 12.3. The molecule has 1 aliphatic carbocycles. The molecule has 1 aromatic rings. The van der Waals surface area contributed by atoms with Gasteiger partial charge in [-0.2, -0.15) is 0 Å². The first-order chi connectivity index (χ1) is 8.72. The van der Waals surface area contributed by atoms with Gasteiger partial charge in [-0.05, 0) is 46.8 Å². The van der Waals surface area contributed by atoms with Crippen LogP contribution in [0.2, 0.25) is 0 Å². The molecule has 0 radical (unpaired) electrons. The Bertz CT molecular complexity index is 436. The normalized spacial score (nSPS) is 21.3. The van der Waals surface area contributed by atoms with E-state index in [0.29, 0.717) is 0 Å². The highest BCUT2D eigenvalue weighted by atomic mass is 79.9. The predicted molar refractivity (Wildman–Crippen MR) is 77.1 cm³/mol. The van der Waals surface area contributed by atoms with Crippen molar-refractivity contribution in [3.63, 3.8) is 0 Å². The summed E-state index contributed by atoms with van der Waals surface area (Å²) in [7, 11) is 0. The molecule has 1 aromatic heterocycles. The van der Waals surface area contributed by atoms with Gasteiger partial charge in [0.1, 0.15) is 0 Å². The molecule has 1 amide bonds. The molecular formula is C13H17BrN2OS. The number of hydrogen-bond acceptors (Lipinski definition) is 3. The van der Waals surface area contributed by atoms with Crippen LogP contribution in [0.1, 0.15) is 22.5 Å². The van der Waals surface area contributed by atoms with Crippen LogP contribution in [0, 0.1) is 5.92 Å². The van der Waals surface area contributed by atoms with E-state index in [1.807, 2.05) is 17.0 Å². The fourth-order valence-electron chi connectivity index (χ4n) is 2.38. The molecular weight excluding hydrogens is 312 g/mol. The highest BCUT2D eigenvalue weighted by Crippen LogP contribution is 2.30. The summed E-state index contributed by atoms with van der Waals surface area (Å²) in [6, 6.07) is 3.86. The van der Waals surface area contributed by atoms with E-state index in [0.717, 1.165) is 40.8 Å². The van der Waals surface area contributed by atoms with Crippen LogP contribution in [-0.4, -0.2) is 48.4 Å². The number of nitrogens with zero attached hydrogens (tertiary/aromatic N) is 2. The minimum atomic E-state index is 0.191. The van der Waals surface area contributed by atoms with Gasteiger partial charge < -0.3 is 4.90 Å². The number of rotatable bonds is 3. The minimum absolute atomic E-state index is 0.191.